The lowest BCUT2D eigenvalue weighted by atomic mass is 10.1. The van der Waals surface area contributed by atoms with Crippen molar-refractivity contribution in [1.29, 1.82) is 0 Å². The van der Waals surface area contributed by atoms with E-state index in [4.69, 9.17) is 9.47 Å². The van der Waals surface area contributed by atoms with Gasteiger partial charge in [0.15, 0.2) is 0 Å². The predicted octanol–water partition coefficient (Wildman–Crippen LogP) is 3.94. The fourth-order valence-corrected chi connectivity index (χ4v) is 2.87. The molecule has 1 N–H and O–H groups in total. The van der Waals surface area contributed by atoms with E-state index in [-0.39, 0.29) is 0 Å². The SMILES string of the molecule is COC1CCC(NC(C)c2ccc(OCC(C)C)cc2)C1. The summed E-state index contributed by atoms with van der Waals surface area (Å²) in [5, 5.41) is 3.71. The minimum absolute atomic E-state index is 0.366. The number of methoxy groups -OCH3 is 1. The maximum absolute atomic E-state index is 5.73. The summed E-state index contributed by atoms with van der Waals surface area (Å²) in [7, 11) is 1.81. The highest BCUT2D eigenvalue weighted by molar-refractivity contribution is 5.29. The Morgan fingerprint density at radius 1 is 1.14 bits per heavy atom. The molecule has 0 spiro atoms. The first kappa shape index (κ1) is 16.3. The number of benzene rings is 1. The Kier molecular flexibility index (Phi) is 6.07. The molecule has 1 saturated carbocycles. The number of ether oxygens (including phenoxy) is 2. The second kappa shape index (κ2) is 7.81. The van der Waals surface area contributed by atoms with Crippen molar-refractivity contribution >= 4 is 0 Å². The topological polar surface area (TPSA) is 30.5 Å². The molecule has 0 heterocycles. The Balaban J connectivity index is 1.83. The largest absolute Gasteiger partial charge is 0.493 e. The molecule has 3 nitrogen and oxygen atoms in total. The molecule has 3 unspecified atom stereocenters. The second-order valence-electron chi connectivity index (χ2n) is 6.53. The van der Waals surface area contributed by atoms with Crippen LogP contribution in [-0.4, -0.2) is 25.9 Å². The number of rotatable bonds is 7. The predicted molar refractivity (Wildman–Crippen MR) is 86.8 cm³/mol. The van der Waals surface area contributed by atoms with Gasteiger partial charge in [-0.2, -0.15) is 0 Å². The quantitative estimate of drug-likeness (QED) is 0.825. The molecule has 0 bridgehead atoms. The van der Waals surface area contributed by atoms with Crippen molar-refractivity contribution in [2.45, 2.75) is 58.2 Å². The van der Waals surface area contributed by atoms with E-state index in [0.29, 0.717) is 24.1 Å². The minimum atomic E-state index is 0.366. The van der Waals surface area contributed by atoms with Crippen LogP contribution < -0.4 is 10.1 Å². The Morgan fingerprint density at radius 3 is 2.43 bits per heavy atom. The highest BCUT2D eigenvalue weighted by atomic mass is 16.5. The fraction of sp³-hybridized carbons (Fsp3) is 0.667. The Morgan fingerprint density at radius 2 is 1.86 bits per heavy atom. The second-order valence-corrected chi connectivity index (χ2v) is 6.53. The molecule has 1 aromatic carbocycles. The van der Waals surface area contributed by atoms with Crippen molar-refractivity contribution < 1.29 is 9.47 Å². The molecule has 1 fully saturated rings. The van der Waals surface area contributed by atoms with Gasteiger partial charge in [-0.25, -0.2) is 0 Å². The van der Waals surface area contributed by atoms with Crippen molar-refractivity contribution in [3.63, 3.8) is 0 Å². The molecule has 0 amide bonds. The van der Waals surface area contributed by atoms with Crippen LogP contribution in [0.3, 0.4) is 0 Å². The van der Waals surface area contributed by atoms with E-state index < -0.39 is 0 Å². The van der Waals surface area contributed by atoms with Crippen molar-refractivity contribution in [2.24, 2.45) is 5.92 Å². The van der Waals surface area contributed by atoms with Crippen molar-refractivity contribution in [2.75, 3.05) is 13.7 Å². The fourth-order valence-electron chi connectivity index (χ4n) is 2.87. The molecule has 0 aliphatic heterocycles. The third-order valence-corrected chi connectivity index (χ3v) is 4.17. The highest BCUT2D eigenvalue weighted by Crippen LogP contribution is 2.25. The van der Waals surface area contributed by atoms with E-state index in [1.807, 2.05) is 7.11 Å². The Labute approximate surface area is 129 Å². The lowest BCUT2D eigenvalue weighted by Gasteiger charge is -2.20. The molecule has 0 saturated heterocycles. The first-order valence-electron chi connectivity index (χ1n) is 8.10. The van der Waals surface area contributed by atoms with Gasteiger partial charge in [0.2, 0.25) is 0 Å². The summed E-state index contributed by atoms with van der Waals surface area (Å²) in [6, 6.07) is 9.41. The van der Waals surface area contributed by atoms with Gasteiger partial charge in [-0.3, -0.25) is 0 Å². The number of nitrogens with one attached hydrogen (secondary N) is 1. The van der Waals surface area contributed by atoms with Crippen LogP contribution in [0, 0.1) is 5.92 Å². The van der Waals surface area contributed by atoms with Crippen LogP contribution in [0.2, 0.25) is 0 Å². The summed E-state index contributed by atoms with van der Waals surface area (Å²) in [5.41, 5.74) is 1.31. The van der Waals surface area contributed by atoms with Crippen LogP contribution in [0.1, 0.15) is 51.6 Å². The third-order valence-electron chi connectivity index (χ3n) is 4.17. The molecule has 0 radical (unpaired) electrons. The monoisotopic (exact) mass is 291 g/mol. The van der Waals surface area contributed by atoms with E-state index in [1.54, 1.807) is 0 Å². The molecule has 1 aliphatic carbocycles. The summed E-state index contributed by atoms with van der Waals surface area (Å²) in [5.74, 6) is 1.52. The molecule has 2 rings (SSSR count). The molecule has 1 aliphatic rings. The molecule has 1 aromatic rings. The van der Waals surface area contributed by atoms with Crippen LogP contribution in [0.5, 0.6) is 5.75 Å². The lowest BCUT2D eigenvalue weighted by molar-refractivity contribution is 0.106. The first-order chi connectivity index (χ1) is 10.1. The molecule has 21 heavy (non-hydrogen) atoms. The molecular weight excluding hydrogens is 262 g/mol. The number of hydrogen-bond acceptors (Lipinski definition) is 3. The van der Waals surface area contributed by atoms with Gasteiger partial charge < -0.3 is 14.8 Å². The zero-order valence-electron chi connectivity index (χ0n) is 13.8. The average Bonchev–Trinajstić information content (AvgIpc) is 2.93. The van der Waals surface area contributed by atoms with E-state index in [1.165, 1.54) is 18.4 Å². The van der Waals surface area contributed by atoms with E-state index in [9.17, 15) is 0 Å². The number of hydrogen-bond donors (Lipinski definition) is 1. The van der Waals surface area contributed by atoms with Crippen molar-refractivity contribution in [1.82, 2.24) is 5.32 Å². The van der Waals surface area contributed by atoms with Crippen LogP contribution >= 0.6 is 0 Å². The van der Waals surface area contributed by atoms with Gasteiger partial charge in [-0.15, -0.1) is 0 Å². The molecule has 3 atom stereocenters. The lowest BCUT2D eigenvalue weighted by Crippen LogP contribution is -2.29. The standard InChI is InChI=1S/C18H29NO2/c1-13(2)12-21-17-8-5-15(6-9-17)14(3)19-16-7-10-18(11-16)20-4/h5-6,8-9,13-14,16,18-19H,7,10-12H2,1-4H3. The zero-order chi connectivity index (χ0) is 15.2. The van der Waals surface area contributed by atoms with Gasteiger partial charge in [-0.05, 0) is 49.8 Å². The van der Waals surface area contributed by atoms with Gasteiger partial charge in [0.25, 0.3) is 0 Å². The van der Waals surface area contributed by atoms with Crippen molar-refractivity contribution in [3.8, 4) is 5.75 Å². The molecule has 3 heteroatoms. The molecular formula is C18H29NO2. The van der Waals surface area contributed by atoms with Gasteiger partial charge in [0, 0.05) is 19.2 Å². The summed E-state index contributed by atoms with van der Waals surface area (Å²) < 4.78 is 11.2. The first-order valence-corrected chi connectivity index (χ1v) is 8.10. The Bertz CT molecular complexity index is 416. The van der Waals surface area contributed by atoms with Crippen LogP contribution in [0.4, 0.5) is 0 Å². The highest BCUT2D eigenvalue weighted by Gasteiger charge is 2.25. The Hall–Kier alpha value is -1.06. The minimum Gasteiger partial charge on any atom is -0.493 e. The van der Waals surface area contributed by atoms with Crippen molar-refractivity contribution in [3.05, 3.63) is 29.8 Å². The van der Waals surface area contributed by atoms with Gasteiger partial charge >= 0.3 is 0 Å². The van der Waals surface area contributed by atoms with E-state index in [0.717, 1.165) is 18.8 Å². The summed E-state index contributed by atoms with van der Waals surface area (Å²) in [6.45, 7) is 7.32. The van der Waals surface area contributed by atoms with Gasteiger partial charge in [0.05, 0.1) is 12.7 Å². The van der Waals surface area contributed by atoms with Crippen LogP contribution in [0.15, 0.2) is 24.3 Å². The van der Waals surface area contributed by atoms with E-state index in [2.05, 4.69) is 50.4 Å². The van der Waals surface area contributed by atoms with Crippen LogP contribution in [-0.2, 0) is 4.74 Å². The third kappa shape index (κ3) is 5.01. The molecule has 0 aromatic heterocycles. The summed E-state index contributed by atoms with van der Waals surface area (Å²) in [6.07, 6.45) is 3.93. The summed E-state index contributed by atoms with van der Waals surface area (Å²) >= 11 is 0. The van der Waals surface area contributed by atoms with E-state index >= 15 is 0 Å². The van der Waals surface area contributed by atoms with Crippen LogP contribution in [0.25, 0.3) is 0 Å². The normalized spacial score (nSPS) is 23.5. The molecule has 118 valence electrons. The zero-order valence-corrected chi connectivity index (χ0v) is 13.8. The maximum Gasteiger partial charge on any atom is 0.119 e. The average molecular weight is 291 g/mol. The summed E-state index contributed by atoms with van der Waals surface area (Å²) in [4.78, 5) is 0. The smallest absolute Gasteiger partial charge is 0.119 e. The van der Waals surface area contributed by atoms with Gasteiger partial charge in [-0.1, -0.05) is 26.0 Å². The van der Waals surface area contributed by atoms with Gasteiger partial charge in [0.1, 0.15) is 5.75 Å². The maximum atomic E-state index is 5.73.